The minimum absolute atomic E-state index is 0.224. The maximum Gasteiger partial charge on any atom is 0.337 e. The van der Waals surface area contributed by atoms with Crippen LogP contribution in [0.3, 0.4) is 0 Å². The Balaban J connectivity index is 2.05. The second-order valence-corrected chi connectivity index (χ2v) is 3.94. The molecule has 0 aliphatic heterocycles. The van der Waals surface area contributed by atoms with Gasteiger partial charge in [-0.05, 0) is 25.5 Å². The van der Waals surface area contributed by atoms with Crippen molar-refractivity contribution in [3.8, 4) is 6.01 Å². The van der Waals surface area contributed by atoms with Crippen LogP contribution in [-0.2, 0) is 6.54 Å². The lowest BCUT2D eigenvalue weighted by Gasteiger charge is -2.06. The zero-order chi connectivity index (χ0) is 13.7. The van der Waals surface area contributed by atoms with Crippen molar-refractivity contribution in [1.29, 1.82) is 0 Å². The number of aromatic amines is 1. The van der Waals surface area contributed by atoms with Crippen LogP contribution in [0, 0.1) is 0 Å². The molecule has 2 aromatic rings. The fourth-order valence-electron chi connectivity index (χ4n) is 1.72. The van der Waals surface area contributed by atoms with Crippen LogP contribution in [0.15, 0.2) is 18.3 Å². The largest absolute Gasteiger partial charge is 0.463 e. The lowest BCUT2D eigenvalue weighted by atomic mass is 10.4. The molecule has 0 atom stereocenters. The normalized spacial score (nSPS) is 10.4. The summed E-state index contributed by atoms with van der Waals surface area (Å²) >= 11 is 0. The minimum Gasteiger partial charge on any atom is -0.463 e. The number of nitrogens with zero attached hydrogens (tertiary/aromatic N) is 3. The monoisotopic (exact) mass is 263 g/mol. The number of anilines is 1. The molecule has 2 N–H and O–H groups in total. The average molecular weight is 263 g/mol. The number of ether oxygens (including phenoxy) is 1. The van der Waals surface area contributed by atoms with Gasteiger partial charge in [0.2, 0.25) is 5.95 Å². The lowest BCUT2D eigenvalue weighted by molar-refractivity contribution is 0.101. The van der Waals surface area contributed by atoms with Crippen LogP contribution in [0.25, 0.3) is 0 Å². The highest BCUT2D eigenvalue weighted by molar-refractivity contribution is 6.02. The van der Waals surface area contributed by atoms with Gasteiger partial charge in [-0.2, -0.15) is 4.98 Å². The number of nitrogens with one attached hydrogen (secondary N) is 2. The third-order valence-corrected chi connectivity index (χ3v) is 2.50. The van der Waals surface area contributed by atoms with E-state index in [0.29, 0.717) is 12.3 Å². The topological polar surface area (TPSA) is 84.8 Å². The summed E-state index contributed by atoms with van der Waals surface area (Å²) in [5.74, 6) is 0.0512. The third kappa shape index (κ3) is 3.12. The second kappa shape index (κ2) is 6.03. The zero-order valence-electron chi connectivity index (χ0n) is 11.0. The number of aryl methyl sites for hydroxylation is 1. The molecule has 0 aromatic carbocycles. The number of amides is 1. The summed E-state index contributed by atoms with van der Waals surface area (Å²) in [5, 5.41) is 9.08. The average Bonchev–Trinajstić information content (AvgIpc) is 3.00. The predicted molar refractivity (Wildman–Crippen MR) is 70.2 cm³/mol. The van der Waals surface area contributed by atoms with Crippen molar-refractivity contribution >= 4 is 11.9 Å². The first-order chi connectivity index (χ1) is 9.24. The highest BCUT2D eigenvalue weighted by Gasteiger charge is 2.13. The Labute approximate surface area is 111 Å². The Morgan fingerprint density at radius 1 is 1.53 bits per heavy atom. The molecule has 0 spiro atoms. The number of aromatic nitrogens is 4. The van der Waals surface area contributed by atoms with Gasteiger partial charge in [-0.3, -0.25) is 10.1 Å². The van der Waals surface area contributed by atoms with E-state index in [-0.39, 0.29) is 17.9 Å². The smallest absolute Gasteiger partial charge is 0.337 e. The zero-order valence-corrected chi connectivity index (χ0v) is 11.0. The number of H-pyrrole nitrogens is 1. The van der Waals surface area contributed by atoms with Gasteiger partial charge in [0.1, 0.15) is 5.69 Å². The molecule has 19 heavy (non-hydrogen) atoms. The minimum atomic E-state index is -0.224. The van der Waals surface area contributed by atoms with Crippen molar-refractivity contribution in [3.63, 3.8) is 0 Å². The molecular formula is C12H17N5O2. The first kappa shape index (κ1) is 13.1. The Bertz CT molecular complexity index is 546. The highest BCUT2D eigenvalue weighted by atomic mass is 16.5. The molecule has 0 unspecified atom stereocenters. The summed E-state index contributed by atoms with van der Waals surface area (Å²) in [6, 6.07) is 3.84. The second-order valence-electron chi connectivity index (χ2n) is 3.94. The van der Waals surface area contributed by atoms with Gasteiger partial charge in [-0.15, -0.1) is 5.10 Å². The maximum atomic E-state index is 12.1. The van der Waals surface area contributed by atoms with E-state index in [1.165, 1.54) is 0 Å². The van der Waals surface area contributed by atoms with Crippen molar-refractivity contribution < 1.29 is 9.53 Å². The summed E-state index contributed by atoms with van der Waals surface area (Å²) in [4.78, 5) is 16.1. The number of carbonyl (C=O) groups excluding carboxylic acids is 1. The van der Waals surface area contributed by atoms with E-state index in [0.717, 1.165) is 13.0 Å². The molecule has 0 aliphatic rings. The predicted octanol–water partition coefficient (Wildman–Crippen LogP) is 1.67. The van der Waals surface area contributed by atoms with E-state index in [4.69, 9.17) is 4.74 Å². The third-order valence-electron chi connectivity index (χ3n) is 2.50. The summed E-state index contributed by atoms with van der Waals surface area (Å²) in [5.41, 5.74) is 0.594. The van der Waals surface area contributed by atoms with Gasteiger partial charge < -0.3 is 9.30 Å². The van der Waals surface area contributed by atoms with Gasteiger partial charge in [0.25, 0.3) is 5.91 Å². The first-order valence-electron chi connectivity index (χ1n) is 6.26. The van der Waals surface area contributed by atoms with E-state index in [1.54, 1.807) is 6.07 Å². The first-order valence-corrected chi connectivity index (χ1v) is 6.26. The molecule has 0 bridgehead atoms. The standard InChI is InChI=1S/C12H17N5O2/c1-3-7-17-8-5-6-9(17)10(18)13-11-14-12(16-15-11)19-4-2/h5-6,8H,3-4,7H2,1-2H3,(H2,13,14,15,16,18). The molecule has 0 fully saturated rings. The van der Waals surface area contributed by atoms with E-state index >= 15 is 0 Å². The van der Waals surface area contributed by atoms with Gasteiger partial charge in [0.15, 0.2) is 0 Å². The quantitative estimate of drug-likeness (QED) is 0.830. The van der Waals surface area contributed by atoms with Crippen LogP contribution in [0.1, 0.15) is 30.8 Å². The summed E-state index contributed by atoms with van der Waals surface area (Å²) in [6.45, 7) is 5.18. The van der Waals surface area contributed by atoms with Crippen molar-refractivity contribution in [1.82, 2.24) is 19.7 Å². The number of hydrogen-bond donors (Lipinski definition) is 2. The summed E-state index contributed by atoms with van der Waals surface area (Å²) < 4.78 is 7.01. The summed E-state index contributed by atoms with van der Waals surface area (Å²) in [7, 11) is 0. The van der Waals surface area contributed by atoms with Crippen molar-refractivity contribution in [2.24, 2.45) is 0 Å². The molecule has 0 aliphatic carbocycles. The summed E-state index contributed by atoms with van der Waals surface area (Å²) in [6.07, 6.45) is 2.84. The van der Waals surface area contributed by atoms with Gasteiger partial charge >= 0.3 is 6.01 Å². The van der Waals surface area contributed by atoms with Crippen LogP contribution in [-0.4, -0.2) is 32.3 Å². The van der Waals surface area contributed by atoms with Crippen LogP contribution >= 0.6 is 0 Å². The van der Waals surface area contributed by atoms with E-state index < -0.39 is 0 Å². The Hall–Kier alpha value is -2.31. The number of rotatable bonds is 6. The van der Waals surface area contributed by atoms with Crippen molar-refractivity contribution in [3.05, 3.63) is 24.0 Å². The molecule has 2 heterocycles. The fourth-order valence-corrected chi connectivity index (χ4v) is 1.72. The molecule has 0 radical (unpaired) electrons. The van der Waals surface area contributed by atoms with Crippen molar-refractivity contribution in [2.75, 3.05) is 11.9 Å². The maximum absolute atomic E-state index is 12.1. The van der Waals surface area contributed by atoms with E-state index in [9.17, 15) is 4.79 Å². The molecule has 7 heteroatoms. The van der Waals surface area contributed by atoms with E-state index in [1.807, 2.05) is 23.8 Å². The molecule has 7 nitrogen and oxygen atoms in total. The molecule has 102 valence electrons. The van der Waals surface area contributed by atoms with Crippen LogP contribution < -0.4 is 10.1 Å². The van der Waals surface area contributed by atoms with Gasteiger partial charge in [0, 0.05) is 12.7 Å². The Kier molecular flexibility index (Phi) is 4.17. The SMILES string of the molecule is CCCn1cccc1C(=O)Nc1nc(OCC)n[nH]1. The molecule has 0 saturated heterocycles. The van der Waals surface area contributed by atoms with Gasteiger partial charge in [-0.1, -0.05) is 6.92 Å². The van der Waals surface area contributed by atoms with Crippen LogP contribution in [0.2, 0.25) is 0 Å². The molecule has 1 amide bonds. The van der Waals surface area contributed by atoms with Crippen molar-refractivity contribution in [2.45, 2.75) is 26.8 Å². The van der Waals surface area contributed by atoms with Crippen LogP contribution in [0.4, 0.5) is 5.95 Å². The number of carbonyl (C=O) groups is 1. The Morgan fingerprint density at radius 3 is 3.11 bits per heavy atom. The van der Waals surface area contributed by atoms with Crippen LogP contribution in [0.5, 0.6) is 6.01 Å². The van der Waals surface area contributed by atoms with E-state index in [2.05, 4.69) is 27.4 Å². The molecule has 0 saturated carbocycles. The lowest BCUT2D eigenvalue weighted by Crippen LogP contribution is -2.17. The molecule has 2 aromatic heterocycles. The van der Waals surface area contributed by atoms with Gasteiger partial charge in [-0.25, -0.2) is 5.10 Å². The Morgan fingerprint density at radius 2 is 2.37 bits per heavy atom. The number of hydrogen-bond acceptors (Lipinski definition) is 4. The van der Waals surface area contributed by atoms with Gasteiger partial charge in [0.05, 0.1) is 6.61 Å². The molecule has 2 rings (SSSR count). The highest BCUT2D eigenvalue weighted by Crippen LogP contribution is 2.09. The molecular weight excluding hydrogens is 246 g/mol. The fraction of sp³-hybridized carbons (Fsp3) is 0.417.